The van der Waals surface area contributed by atoms with Gasteiger partial charge in [-0.1, -0.05) is 13.8 Å². The molecule has 150 valence electrons. The monoisotopic (exact) mass is 395 g/mol. The van der Waals surface area contributed by atoms with E-state index in [9.17, 15) is 18.0 Å². The highest BCUT2D eigenvalue weighted by molar-refractivity contribution is 7.89. The van der Waals surface area contributed by atoms with Crippen LogP contribution in [-0.4, -0.2) is 50.2 Å². The van der Waals surface area contributed by atoms with E-state index in [4.69, 9.17) is 0 Å². The lowest BCUT2D eigenvalue weighted by atomic mass is 10.0. The van der Waals surface area contributed by atoms with Crippen molar-refractivity contribution in [2.24, 2.45) is 5.92 Å². The maximum absolute atomic E-state index is 12.7. The van der Waals surface area contributed by atoms with Crippen molar-refractivity contribution in [3.63, 3.8) is 0 Å². The molecule has 1 heterocycles. The summed E-state index contributed by atoms with van der Waals surface area (Å²) < 4.78 is 26.9. The van der Waals surface area contributed by atoms with Crippen LogP contribution in [0.2, 0.25) is 0 Å². The van der Waals surface area contributed by atoms with Crippen molar-refractivity contribution in [1.29, 1.82) is 0 Å². The Balaban J connectivity index is 2.01. The maximum Gasteiger partial charge on any atom is 0.251 e. The summed E-state index contributed by atoms with van der Waals surface area (Å²) in [6, 6.07) is 5.19. The first-order valence-corrected chi connectivity index (χ1v) is 10.9. The molecule has 0 aliphatic carbocycles. The molecule has 1 aromatic carbocycles. The van der Waals surface area contributed by atoms with Crippen molar-refractivity contribution in [1.82, 2.24) is 14.9 Å². The van der Waals surface area contributed by atoms with E-state index in [1.807, 2.05) is 6.92 Å². The summed E-state index contributed by atoms with van der Waals surface area (Å²) in [6.45, 7) is 7.29. The van der Waals surface area contributed by atoms with Gasteiger partial charge < -0.3 is 10.6 Å². The Morgan fingerprint density at radius 2 is 1.78 bits per heavy atom. The number of hydrogen-bond donors (Lipinski definition) is 2. The maximum atomic E-state index is 12.7. The Hall–Kier alpha value is -1.93. The van der Waals surface area contributed by atoms with Crippen LogP contribution >= 0.6 is 0 Å². The third kappa shape index (κ3) is 5.52. The van der Waals surface area contributed by atoms with Gasteiger partial charge in [-0.25, -0.2) is 8.42 Å². The minimum atomic E-state index is -3.54. The topological polar surface area (TPSA) is 95.6 Å². The molecule has 2 amide bonds. The third-order valence-electron chi connectivity index (χ3n) is 4.79. The van der Waals surface area contributed by atoms with Crippen LogP contribution in [0, 0.1) is 5.92 Å². The lowest BCUT2D eigenvalue weighted by Gasteiger charge is -2.29. The van der Waals surface area contributed by atoms with Crippen LogP contribution in [0.5, 0.6) is 0 Å². The van der Waals surface area contributed by atoms with Crippen LogP contribution in [0.15, 0.2) is 29.2 Å². The van der Waals surface area contributed by atoms with Gasteiger partial charge >= 0.3 is 0 Å². The van der Waals surface area contributed by atoms with Crippen molar-refractivity contribution < 1.29 is 18.0 Å². The molecule has 1 aliphatic heterocycles. The Morgan fingerprint density at radius 3 is 2.33 bits per heavy atom. The first-order valence-electron chi connectivity index (χ1n) is 9.44. The molecule has 1 aromatic rings. The molecule has 2 N–H and O–H groups in total. The molecule has 1 saturated heterocycles. The van der Waals surface area contributed by atoms with E-state index in [1.54, 1.807) is 6.92 Å². The zero-order chi connectivity index (χ0) is 20.0. The number of sulfonamides is 1. The van der Waals surface area contributed by atoms with Gasteiger partial charge in [0.2, 0.25) is 15.9 Å². The smallest absolute Gasteiger partial charge is 0.251 e. The van der Waals surface area contributed by atoms with Crippen molar-refractivity contribution >= 4 is 21.8 Å². The first-order chi connectivity index (χ1) is 12.8. The average molecular weight is 396 g/mol. The lowest BCUT2D eigenvalue weighted by molar-refractivity contribution is -0.122. The molecule has 0 radical (unpaired) electrons. The molecule has 27 heavy (non-hydrogen) atoms. The molecule has 2 rings (SSSR count). The molecule has 0 aromatic heterocycles. The SMILES string of the molecule is CCCNC(=O)C(C)NC(=O)c1ccc(S(=O)(=O)N2CCC(C)CC2)cc1. The molecule has 1 atom stereocenters. The van der Waals surface area contributed by atoms with Gasteiger partial charge in [-0.3, -0.25) is 9.59 Å². The number of nitrogens with zero attached hydrogens (tertiary/aromatic N) is 1. The average Bonchev–Trinajstić information content (AvgIpc) is 2.66. The summed E-state index contributed by atoms with van der Waals surface area (Å²) in [6.07, 6.45) is 2.54. The molecule has 0 bridgehead atoms. The summed E-state index contributed by atoms with van der Waals surface area (Å²) in [5.74, 6) is -0.118. The van der Waals surface area contributed by atoms with E-state index in [0.717, 1.165) is 19.3 Å². The zero-order valence-electron chi connectivity index (χ0n) is 16.2. The van der Waals surface area contributed by atoms with E-state index in [2.05, 4.69) is 17.6 Å². The number of piperidine rings is 1. The minimum Gasteiger partial charge on any atom is -0.354 e. The summed E-state index contributed by atoms with van der Waals surface area (Å²) >= 11 is 0. The summed E-state index contributed by atoms with van der Waals surface area (Å²) in [5.41, 5.74) is 0.316. The molecule has 0 saturated carbocycles. The van der Waals surface area contributed by atoms with E-state index >= 15 is 0 Å². The Morgan fingerprint density at radius 1 is 1.19 bits per heavy atom. The van der Waals surface area contributed by atoms with Gasteiger partial charge in [0, 0.05) is 25.2 Å². The number of carbonyl (C=O) groups is 2. The predicted octanol–water partition coefficient (Wildman–Crippen LogP) is 1.75. The zero-order valence-corrected chi connectivity index (χ0v) is 17.0. The standard InChI is InChI=1S/C19H29N3O4S/c1-4-11-20-18(23)15(3)21-19(24)16-5-7-17(8-6-16)27(25,26)22-12-9-14(2)10-13-22/h5-8,14-15H,4,9-13H2,1-3H3,(H,20,23)(H,21,24). The number of carbonyl (C=O) groups excluding carboxylic acids is 2. The Bertz CT molecular complexity index is 754. The van der Waals surface area contributed by atoms with Crippen LogP contribution in [0.4, 0.5) is 0 Å². The molecule has 1 aliphatic rings. The molecular weight excluding hydrogens is 366 g/mol. The number of amides is 2. The second-order valence-corrected chi connectivity index (χ2v) is 9.04. The van der Waals surface area contributed by atoms with E-state index < -0.39 is 22.0 Å². The molecule has 1 fully saturated rings. The summed E-state index contributed by atoms with van der Waals surface area (Å²) in [7, 11) is -3.54. The predicted molar refractivity (Wildman–Crippen MR) is 104 cm³/mol. The van der Waals surface area contributed by atoms with Gasteiger partial charge in [-0.2, -0.15) is 4.31 Å². The quantitative estimate of drug-likeness (QED) is 0.735. The molecule has 7 nitrogen and oxygen atoms in total. The van der Waals surface area contributed by atoms with Crippen molar-refractivity contribution in [3.8, 4) is 0 Å². The van der Waals surface area contributed by atoms with Gasteiger partial charge in [-0.15, -0.1) is 0 Å². The molecule has 8 heteroatoms. The van der Waals surface area contributed by atoms with Crippen LogP contribution in [0.3, 0.4) is 0 Å². The normalized spacial score (nSPS) is 17.3. The number of rotatable bonds is 7. The molecule has 0 spiro atoms. The fourth-order valence-electron chi connectivity index (χ4n) is 2.90. The summed E-state index contributed by atoms with van der Waals surface area (Å²) in [5, 5.41) is 5.34. The Kier molecular flexibility index (Phi) is 7.38. The van der Waals surface area contributed by atoms with E-state index in [-0.39, 0.29) is 10.8 Å². The molecule has 1 unspecified atom stereocenters. The number of nitrogens with one attached hydrogen (secondary N) is 2. The summed E-state index contributed by atoms with van der Waals surface area (Å²) in [4.78, 5) is 24.3. The fraction of sp³-hybridized carbons (Fsp3) is 0.579. The minimum absolute atomic E-state index is 0.183. The second kappa shape index (κ2) is 9.32. The van der Waals surface area contributed by atoms with Crippen LogP contribution in [-0.2, 0) is 14.8 Å². The van der Waals surface area contributed by atoms with Crippen molar-refractivity contribution in [2.45, 2.75) is 51.0 Å². The third-order valence-corrected chi connectivity index (χ3v) is 6.70. The fourth-order valence-corrected chi connectivity index (χ4v) is 4.37. The molecular formula is C19H29N3O4S. The number of benzene rings is 1. The first kappa shape index (κ1) is 21.4. The Labute approximate surface area is 161 Å². The van der Waals surface area contributed by atoms with E-state index in [1.165, 1.54) is 28.6 Å². The van der Waals surface area contributed by atoms with Crippen LogP contribution in [0.1, 0.15) is 50.4 Å². The lowest BCUT2D eigenvalue weighted by Crippen LogP contribution is -2.45. The highest BCUT2D eigenvalue weighted by Crippen LogP contribution is 2.23. The van der Waals surface area contributed by atoms with Gasteiger partial charge in [0.1, 0.15) is 6.04 Å². The highest BCUT2D eigenvalue weighted by atomic mass is 32.2. The van der Waals surface area contributed by atoms with Crippen molar-refractivity contribution in [3.05, 3.63) is 29.8 Å². The van der Waals surface area contributed by atoms with Crippen molar-refractivity contribution in [2.75, 3.05) is 19.6 Å². The second-order valence-electron chi connectivity index (χ2n) is 7.10. The van der Waals surface area contributed by atoms with Crippen LogP contribution < -0.4 is 10.6 Å². The largest absolute Gasteiger partial charge is 0.354 e. The number of hydrogen-bond acceptors (Lipinski definition) is 4. The van der Waals surface area contributed by atoms with Gasteiger partial charge in [0.25, 0.3) is 5.91 Å². The van der Waals surface area contributed by atoms with Gasteiger partial charge in [0.05, 0.1) is 4.90 Å². The van der Waals surface area contributed by atoms with E-state index in [0.29, 0.717) is 31.1 Å². The highest BCUT2D eigenvalue weighted by Gasteiger charge is 2.28. The van der Waals surface area contributed by atoms with Gasteiger partial charge in [-0.05, 0) is 56.4 Å². The van der Waals surface area contributed by atoms with Crippen LogP contribution in [0.25, 0.3) is 0 Å². The van der Waals surface area contributed by atoms with Gasteiger partial charge in [0.15, 0.2) is 0 Å².